The fourth-order valence-electron chi connectivity index (χ4n) is 2.22. The Kier molecular flexibility index (Phi) is 4.51. The second-order valence-corrected chi connectivity index (χ2v) is 5.21. The highest BCUT2D eigenvalue weighted by Crippen LogP contribution is 2.26. The van der Waals surface area contributed by atoms with Crippen LogP contribution in [0.25, 0.3) is 0 Å². The van der Waals surface area contributed by atoms with Gasteiger partial charge in [0.2, 0.25) is 5.91 Å². The average molecular weight is 242 g/mol. The number of rotatable bonds is 4. The van der Waals surface area contributed by atoms with Crippen LogP contribution in [0.2, 0.25) is 0 Å². The summed E-state index contributed by atoms with van der Waals surface area (Å²) < 4.78 is 4.73. The van der Waals surface area contributed by atoms with E-state index < -0.39 is 5.54 Å². The Bertz CT molecular complexity index is 294. The fourth-order valence-corrected chi connectivity index (χ4v) is 2.22. The molecule has 98 valence electrons. The van der Waals surface area contributed by atoms with E-state index >= 15 is 0 Å². The minimum Gasteiger partial charge on any atom is -0.469 e. The van der Waals surface area contributed by atoms with Crippen LogP contribution in [0.3, 0.4) is 0 Å². The number of esters is 1. The predicted octanol–water partition coefficient (Wildman–Crippen LogP) is 0.572. The number of methoxy groups -OCH3 is 1. The van der Waals surface area contributed by atoms with Crippen molar-refractivity contribution >= 4 is 11.9 Å². The first-order valence-electron chi connectivity index (χ1n) is 6.02. The van der Waals surface area contributed by atoms with Crippen LogP contribution < -0.4 is 11.1 Å². The van der Waals surface area contributed by atoms with Crippen LogP contribution in [0.4, 0.5) is 0 Å². The second kappa shape index (κ2) is 5.49. The van der Waals surface area contributed by atoms with Gasteiger partial charge in [-0.1, -0.05) is 0 Å². The van der Waals surface area contributed by atoms with E-state index in [9.17, 15) is 9.59 Å². The first-order chi connectivity index (χ1) is 7.86. The predicted molar refractivity (Wildman–Crippen MR) is 64.2 cm³/mol. The number of carbonyl (C=O) groups excluding carboxylic acids is 2. The van der Waals surface area contributed by atoms with Crippen molar-refractivity contribution in [3.63, 3.8) is 0 Å². The van der Waals surface area contributed by atoms with Crippen LogP contribution in [-0.2, 0) is 14.3 Å². The van der Waals surface area contributed by atoms with E-state index in [2.05, 4.69) is 5.32 Å². The highest BCUT2D eigenvalue weighted by molar-refractivity contribution is 5.83. The lowest BCUT2D eigenvalue weighted by molar-refractivity contribution is -0.146. The molecule has 1 aliphatic carbocycles. The third-order valence-electron chi connectivity index (χ3n) is 3.44. The number of amides is 1. The van der Waals surface area contributed by atoms with Gasteiger partial charge in [0.25, 0.3) is 0 Å². The smallest absolute Gasteiger partial charge is 0.308 e. The third kappa shape index (κ3) is 3.70. The molecule has 1 rings (SSSR count). The molecule has 0 radical (unpaired) electrons. The maximum Gasteiger partial charge on any atom is 0.308 e. The van der Waals surface area contributed by atoms with Crippen molar-refractivity contribution in [1.29, 1.82) is 0 Å². The van der Waals surface area contributed by atoms with E-state index in [-0.39, 0.29) is 23.8 Å². The van der Waals surface area contributed by atoms with Crippen molar-refractivity contribution in [2.75, 3.05) is 7.11 Å². The first kappa shape index (κ1) is 14.0. The van der Waals surface area contributed by atoms with Crippen molar-refractivity contribution in [1.82, 2.24) is 5.32 Å². The molecule has 5 heteroatoms. The Balaban J connectivity index is 2.43. The van der Waals surface area contributed by atoms with Crippen molar-refractivity contribution in [3.8, 4) is 0 Å². The van der Waals surface area contributed by atoms with Crippen molar-refractivity contribution in [3.05, 3.63) is 0 Å². The zero-order valence-electron chi connectivity index (χ0n) is 10.8. The molecular weight excluding hydrogens is 220 g/mol. The summed E-state index contributed by atoms with van der Waals surface area (Å²) in [5.41, 5.74) is 4.62. The fraction of sp³-hybridized carbons (Fsp3) is 0.833. The molecule has 17 heavy (non-hydrogen) atoms. The van der Waals surface area contributed by atoms with Gasteiger partial charge in [-0.2, -0.15) is 0 Å². The van der Waals surface area contributed by atoms with Gasteiger partial charge in [-0.3, -0.25) is 9.59 Å². The molecule has 0 spiro atoms. The summed E-state index contributed by atoms with van der Waals surface area (Å²) in [5.74, 6) is -0.472. The van der Waals surface area contributed by atoms with E-state index in [4.69, 9.17) is 10.5 Å². The Hall–Kier alpha value is -1.10. The first-order valence-corrected chi connectivity index (χ1v) is 6.02. The maximum atomic E-state index is 11.4. The van der Waals surface area contributed by atoms with Gasteiger partial charge in [0.05, 0.1) is 18.6 Å². The SMILES string of the molecule is COC(=O)C1CCC(NC(C)(C)C(N)=O)CC1. The van der Waals surface area contributed by atoms with Gasteiger partial charge in [0, 0.05) is 6.04 Å². The van der Waals surface area contributed by atoms with E-state index in [1.54, 1.807) is 13.8 Å². The molecule has 1 fully saturated rings. The topological polar surface area (TPSA) is 81.4 Å². The van der Waals surface area contributed by atoms with Crippen molar-refractivity contribution in [2.45, 2.75) is 51.1 Å². The molecule has 5 nitrogen and oxygen atoms in total. The van der Waals surface area contributed by atoms with Crippen LogP contribution in [0.15, 0.2) is 0 Å². The summed E-state index contributed by atoms with van der Waals surface area (Å²) in [6, 6.07) is 0.249. The minimum atomic E-state index is -0.692. The van der Waals surface area contributed by atoms with Crippen molar-refractivity contribution in [2.24, 2.45) is 11.7 Å². The Morgan fingerprint density at radius 1 is 1.24 bits per heavy atom. The summed E-state index contributed by atoms with van der Waals surface area (Å²) in [7, 11) is 1.42. The van der Waals surface area contributed by atoms with Crippen LogP contribution >= 0.6 is 0 Å². The lowest BCUT2D eigenvalue weighted by atomic mass is 9.85. The van der Waals surface area contributed by atoms with Gasteiger partial charge in [-0.05, 0) is 39.5 Å². The maximum absolute atomic E-state index is 11.4. The lowest BCUT2D eigenvalue weighted by Crippen LogP contribution is -2.55. The molecule has 1 saturated carbocycles. The van der Waals surface area contributed by atoms with Crippen LogP contribution in [-0.4, -0.2) is 30.6 Å². The molecule has 0 atom stereocenters. The highest BCUT2D eigenvalue weighted by Gasteiger charge is 2.32. The normalized spacial score (nSPS) is 25.4. The van der Waals surface area contributed by atoms with Crippen LogP contribution in [0.5, 0.6) is 0 Å². The number of hydrogen-bond acceptors (Lipinski definition) is 4. The molecular formula is C12H22N2O3. The van der Waals surface area contributed by atoms with Crippen LogP contribution in [0.1, 0.15) is 39.5 Å². The number of hydrogen-bond donors (Lipinski definition) is 2. The van der Waals surface area contributed by atoms with E-state index in [1.165, 1.54) is 7.11 Å². The molecule has 3 N–H and O–H groups in total. The lowest BCUT2D eigenvalue weighted by Gasteiger charge is -2.33. The number of primary amides is 1. The van der Waals surface area contributed by atoms with Gasteiger partial charge in [-0.25, -0.2) is 0 Å². The van der Waals surface area contributed by atoms with Gasteiger partial charge >= 0.3 is 5.97 Å². The standard InChI is InChI=1S/C12H22N2O3/c1-12(2,11(13)16)14-9-6-4-8(5-7-9)10(15)17-3/h8-9,14H,4-7H2,1-3H3,(H2,13,16). The molecule has 0 aliphatic heterocycles. The average Bonchev–Trinajstić information content (AvgIpc) is 2.28. The molecule has 1 amide bonds. The molecule has 0 aromatic rings. The molecule has 0 aromatic heterocycles. The molecule has 0 bridgehead atoms. The largest absolute Gasteiger partial charge is 0.469 e. The minimum absolute atomic E-state index is 0.00902. The number of carbonyl (C=O) groups is 2. The van der Waals surface area contributed by atoms with E-state index in [0.29, 0.717) is 0 Å². The van der Waals surface area contributed by atoms with E-state index in [0.717, 1.165) is 25.7 Å². The second-order valence-electron chi connectivity index (χ2n) is 5.21. The Morgan fingerprint density at radius 3 is 2.18 bits per heavy atom. The van der Waals surface area contributed by atoms with Gasteiger partial charge in [0.15, 0.2) is 0 Å². The Labute approximate surface area is 102 Å². The molecule has 1 aliphatic rings. The van der Waals surface area contributed by atoms with Crippen LogP contribution in [0, 0.1) is 5.92 Å². The number of ether oxygens (including phenoxy) is 1. The van der Waals surface area contributed by atoms with Gasteiger partial charge < -0.3 is 15.8 Å². The number of nitrogens with one attached hydrogen (secondary N) is 1. The quantitative estimate of drug-likeness (QED) is 0.706. The third-order valence-corrected chi connectivity index (χ3v) is 3.44. The van der Waals surface area contributed by atoms with Crippen molar-refractivity contribution < 1.29 is 14.3 Å². The zero-order valence-corrected chi connectivity index (χ0v) is 10.8. The monoisotopic (exact) mass is 242 g/mol. The van der Waals surface area contributed by atoms with E-state index in [1.807, 2.05) is 0 Å². The summed E-state index contributed by atoms with van der Waals surface area (Å²) >= 11 is 0. The molecule has 0 aromatic carbocycles. The van der Waals surface area contributed by atoms with Gasteiger partial charge in [0.1, 0.15) is 0 Å². The summed E-state index contributed by atoms with van der Waals surface area (Å²) in [6.45, 7) is 3.56. The zero-order chi connectivity index (χ0) is 13.1. The highest BCUT2D eigenvalue weighted by atomic mass is 16.5. The van der Waals surface area contributed by atoms with Gasteiger partial charge in [-0.15, -0.1) is 0 Å². The summed E-state index contributed by atoms with van der Waals surface area (Å²) in [5, 5.41) is 3.25. The molecule has 0 heterocycles. The molecule has 0 unspecified atom stereocenters. The Morgan fingerprint density at radius 2 is 1.76 bits per heavy atom. The number of nitrogens with two attached hydrogens (primary N) is 1. The summed E-state index contributed by atoms with van der Waals surface area (Å²) in [6.07, 6.45) is 3.35. The molecule has 0 saturated heterocycles. The summed E-state index contributed by atoms with van der Waals surface area (Å²) in [4.78, 5) is 22.5.